The molecule has 0 saturated carbocycles. The molecule has 0 heterocycles. The largest absolute Gasteiger partial charge is 0.399 e. The Balaban J connectivity index is 2.52. The summed E-state index contributed by atoms with van der Waals surface area (Å²) in [5.41, 5.74) is 7.50. The Hall–Kier alpha value is -1.75. The number of ketones is 1. The maximum atomic E-state index is 11.9. The van der Waals surface area contributed by atoms with Gasteiger partial charge in [0, 0.05) is 17.5 Å². The number of carbonyl (C=O) groups is 1. The fourth-order valence-corrected chi connectivity index (χ4v) is 1.76. The summed E-state index contributed by atoms with van der Waals surface area (Å²) >= 11 is 0. The van der Waals surface area contributed by atoms with E-state index in [1.54, 1.807) is 0 Å². The Morgan fingerprint density at radius 3 is 2.37 bits per heavy atom. The second-order valence-electron chi connectivity index (χ2n) is 6.04. The lowest BCUT2D eigenvalue weighted by Gasteiger charge is -2.10. The first kappa shape index (κ1) is 15.3. The van der Waals surface area contributed by atoms with Crippen molar-refractivity contribution in [2.24, 2.45) is 5.41 Å². The average Bonchev–Trinajstić information content (AvgIpc) is 2.27. The molecule has 2 N–H and O–H groups in total. The van der Waals surface area contributed by atoms with E-state index in [1.165, 1.54) is 0 Å². The van der Waals surface area contributed by atoms with Gasteiger partial charge >= 0.3 is 0 Å². The third kappa shape index (κ3) is 6.10. The van der Waals surface area contributed by atoms with Crippen molar-refractivity contribution in [2.45, 2.75) is 46.5 Å². The molecule has 0 radical (unpaired) electrons. The van der Waals surface area contributed by atoms with Crippen molar-refractivity contribution in [3.8, 4) is 11.8 Å². The highest BCUT2D eigenvalue weighted by Gasteiger charge is 2.10. The number of hydrogen-bond acceptors (Lipinski definition) is 2. The van der Waals surface area contributed by atoms with Gasteiger partial charge in [-0.3, -0.25) is 4.79 Å². The van der Waals surface area contributed by atoms with Crippen LogP contribution in [0.5, 0.6) is 0 Å². The van der Waals surface area contributed by atoms with E-state index >= 15 is 0 Å². The minimum atomic E-state index is -0.0388. The van der Waals surface area contributed by atoms with Crippen molar-refractivity contribution in [3.63, 3.8) is 0 Å². The highest BCUT2D eigenvalue weighted by molar-refractivity contribution is 5.81. The average molecular weight is 257 g/mol. The molecule has 19 heavy (non-hydrogen) atoms. The maximum Gasteiger partial charge on any atom is 0.145 e. The quantitative estimate of drug-likeness (QED) is 0.659. The molecule has 102 valence electrons. The van der Waals surface area contributed by atoms with Crippen LogP contribution in [-0.2, 0) is 4.79 Å². The van der Waals surface area contributed by atoms with E-state index in [9.17, 15) is 4.79 Å². The first-order valence-electron chi connectivity index (χ1n) is 6.65. The Morgan fingerprint density at radius 1 is 1.26 bits per heavy atom. The molecule has 0 amide bonds. The fourth-order valence-electron chi connectivity index (χ4n) is 1.76. The van der Waals surface area contributed by atoms with Crippen molar-refractivity contribution in [1.82, 2.24) is 0 Å². The number of Topliss-reactive ketones (excluding diaryl/α,β-unsaturated/α-hetero) is 1. The summed E-state index contributed by atoms with van der Waals surface area (Å²) in [4.78, 5) is 11.9. The number of nitrogens with two attached hydrogens (primary N) is 1. The number of carbonyl (C=O) groups excluding carboxylic acids is 1. The smallest absolute Gasteiger partial charge is 0.145 e. The zero-order valence-corrected chi connectivity index (χ0v) is 12.3. The molecule has 0 saturated heterocycles. The number of hydrogen-bond donors (Lipinski definition) is 1. The molecule has 1 atom stereocenters. The fraction of sp³-hybridized carbons (Fsp3) is 0.471. The lowest BCUT2D eigenvalue weighted by Crippen LogP contribution is -2.05. The molecule has 0 bridgehead atoms. The maximum absolute atomic E-state index is 11.9. The number of benzene rings is 1. The van der Waals surface area contributed by atoms with E-state index in [4.69, 9.17) is 5.73 Å². The van der Waals surface area contributed by atoms with Crippen LogP contribution in [-0.4, -0.2) is 5.78 Å². The van der Waals surface area contributed by atoms with Crippen molar-refractivity contribution in [2.75, 3.05) is 5.73 Å². The predicted octanol–water partition coefficient (Wildman–Crippen LogP) is 3.77. The summed E-state index contributed by atoms with van der Waals surface area (Å²) < 4.78 is 0. The number of rotatable bonds is 4. The molecule has 0 aliphatic heterocycles. The number of nitrogen functional groups attached to an aromatic ring is 1. The first-order chi connectivity index (χ1) is 8.78. The van der Waals surface area contributed by atoms with Crippen molar-refractivity contribution >= 4 is 11.5 Å². The van der Waals surface area contributed by atoms with Crippen LogP contribution < -0.4 is 5.73 Å². The molecule has 0 aliphatic rings. The lowest BCUT2D eigenvalue weighted by atomic mass is 9.94. The molecular formula is C17H23NO. The van der Waals surface area contributed by atoms with Crippen LogP contribution in [0.1, 0.15) is 52.0 Å². The predicted molar refractivity (Wildman–Crippen MR) is 80.7 cm³/mol. The molecule has 1 aromatic carbocycles. The monoisotopic (exact) mass is 257 g/mol. The van der Waals surface area contributed by atoms with E-state index in [2.05, 4.69) is 18.8 Å². The minimum absolute atomic E-state index is 0.0388. The van der Waals surface area contributed by atoms with Crippen LogP contribution in [0.2, 0.25) is 0 Å². The zero-order valence-electron chi connectivity index (χ0n) is 12.3. The molecular weight excluding hydrogens is 234 g/mol. The molecule has 0 aliphatic carbocycles. The topological polar surface area (TPSA) is 43.1 Å². The van der Waals surface area contributed by atoms with Crippen LogP contribution in [0.4, 0.5) is 5.69 Å². The standard InChI is InChI=1S/C17H23NO/c1-13(14-7-9-15(18)10-8-14)12-16(19)6-5-11-17(2,3)4/h7-10,13H,6,12,18H2,1-4H3. The molecule has 2 heteroatoms. The lowest BCUT2D eigenvalue weighted by molar-refractivity contribution is -0.118. The summed E-state index contributed by atoms with van der Waals surface area (Å²) in [5, 5.41) is 0. The van der Waals surface area contributed by atoms with Gasteiger partial charge in [0.2, 0.25) is 0 Å². The summed E-state index contributed by atoms with van der Waals surface area (Å²) in [6.07, 6.45) is 0.874. The molecule has 2 nitrogen and oxygen atoms in total. The van der Waals surface area contributed by atoms with Gasteiger partial charge in [0.15, 0.2) is 0 Å². The van der Waals surface area contributed by atoms with Gasteiger partial charge in [0.25, 0.3) is 0 Å². The van der Waals surface area contributed by atoms with E-state index in [0.29, 0.717) is 12.8 Å². The normalized spacial score (nSPS) is 12.4. The Kier molecular flexibility index (Phi) is 5.18. The van der Waals surface area contributed by atoms with Crippen LogP contribution in [0.3, 0.4) is 0 Å². The highest BCUT2D eigenvalue weighted by atomic mass is 16.1. The molecule has 1 aromatic rings. The summed E-state index contributed by atoms with van der Waals surface area (Å²) in [6, 6.07) is 7.70. The van der Waals surface area contributed by atoms with Gasteiger partial charge in [-0.15, -0.1) is 0 Å². The van der Waals surface area contributed by atoms with Gasteiger partial charge in [0.1, 0.15) is 5.78 Å². The van der Waals surface area contributed by atoms with Gasteiger partial charge in [0.05, 0.1) is 6.42 Å². The summed E-state index contributed by atoms with van der Waals surface area (Å²) in [5.74, 6) is 6.47. The van der Waals surface area contributed by atoms with Gasteiger partial charge in [-0.05, 0) is 44.4 Å². The minimum Gasteiger partial charge on any atom is -0.399 e. The van der Waals surface area contributed by atoms with Gasteiger partial charge in [-0.2, -0.15) is 0 Å². The SMILES string of the molecule is CC(CC(=O)CC#CC(C)(C)C)c1ccc(N)cc1. The second-order valence-corrected chi connectivity index (χ2v) is 6.04. The van der Waals surface area contributed by atoms with Gasteiger partial charge in [-0.1, -0.05) is 30.9 Å². The van der Waals surface area contributed by atoms with Crippen LogP contribution >= 0.6 is 0 Å². The highest BCUT2D eigenvalue weighted by Crippen LogP contribution is 2.21. The van der Waals surface area contributed by atoms with Crippen molar-refractivity contribution < 1.29 is 4.79 Å². The van der Waals surface area contributed by atoms with E-state index < -0.39 is 0 Å². The third-order valence-corrected chi connectivity index (χ3v) is 2.79. The molecule has 1 unspecified atom stereocenters. The van der Waals surface area contributed by atoms with E-state index in [1.807, 2.05) is 45.0 Å². The summed E-state index contributed by atoms with van der Waals surface area (Å²) in [6.45, 7) is 8.19. The van der Waals surface area contributed by atoms with E-state index in [0.717, 1.165) is 11.3 Å². The Labute approximate surface area is 116 Å². The van der Waals surface area contributed by atoms with Crippen LogP contribution in [0, 0.1) is 17.3 Å². The first-order valence-corrected chi connectivity index (χ1v) is 6.65. The molecule has 0 aromatic heterocycles. The second kappa shape index (κ2) is 6.43. The van der Waals surface area contributed by atoms with Gasteiger partial charge < -0.3 is 5.73 Å². The molecule has 0 fully saturated rings. The van der Waals surface area contributed by atoms with Crippen molar-refractivity contribution in [3.05, 3.63) is 29.8 Å². The van der Waals surface area contributed by atoms with Crippen LogP contribution in [0.25, 0.3) is 0 Å². The molecule has 0 spiro atoms. The van der Waals surface area contributed by atoms with Crippen LogP contribution in [0.15, 0.2) is 24.3 Å². The van der Waals surface area contributed by atoms with Gasteiger partial charge in [-0.25, -0.2) is 0 Å². The third-order valence-electron chi connectivity index (χ3n) is 2.79. The zero-order chi connectivity index (χ0) is 14.5. The summed E-state index contributed by atoms with van der Waals surface area (Å²) in [7, 11) is 0. The Morgan fingerprint density at radius 2 is 1.84 bits per heavy atom. The molecule has 1 rings (SSSR count). The number of anilines is 1. The Bertz CT molecular complexity index is 483. The van der Waals surface area contributed by atoms with Crippen molar-refractivity contribution in [1.29, 1.82) is 0 Å². The van der Waals surface area contributed by atoms with E-state index in [-0.39, 0.29) is 17.1 Å².